The summed E-state index contributed by atoms with van der Waals surface area (Å²) in [7, 11) is 0. The van der Waals surface area contributed by atoms with Crippen LogP contribution < -0.4 is 0 Å². The first-order valence-electron chi connectivity index (χ1n) is 4.61. The fourth-order valence-electron chi connectivity index (χ4n) is 1.43. The van der Waals surface area contributed by atoms with Gasteiger partial charge >= 0.3 is 0 Å². The standard InChI is InChI=1S/C12H10FNO/c13-12-7-11(4-5-14-12)10-3-1-2-9(6-10)8-15/h1-7,15H,8H2. The Morgan fingerprint density at radius 1 is 1.13 bits per heavy atom. The Hall–Kier alpha value is -1.74. The zero-order chi connectivity index (χ0) is 10.7. The van der Waals surface area contributed by atoms with Crippen molar-refractivity contribution in [1.82, 2.24) is 4.98 Å². The molecule has 0 atom stereocenters. The van der Waals surface area contributed by atoms with E-state index in [9.17, 15) is 4.39 Å². The summed E-state index contributed by atoms with van der Waals surface area (Å²) in [5, 5.41) is 8.98. The first-order valence-corrected chi connectivity index (χ1v) is 4.61. The largest absolute Gasteiger partial charge is 0.392 e. The quantitative estimate of drug-likeness (QED) is 0.760. The van der Waals surface area contributed by atoms with E-state index < -0.39 is 5.95 Å². The maximum Gasteiger partial charge on any atom is 0.213 e. The van der Waals surface area contributed by atoms with Crippen molar-refractivity contribution in [2.75, 3.05) is 0 Å². The minimum absolute atomic E-state index is 0.0125. The molecule has 15 heavy (non-hydrogen) atoms. The summed E-state index contributed by atoms with van der Waals surface area (Å²) >= 11 is 0. The highest BCUT2D eigenvalue weighted by atomic mass is 19.1. The molecule has 3 heteroatoms. The summed E-state index contributed by atoms with van der Waals surface area (Å²) in [6, 6.07) is 10.5. The van der Waals surface area contributed by atoms with Crippen LogP contribution in [0.2, 0.25) is 0 Å². The van der Waals surface area contributed by atoms with Crippen LogP contribution in [0.15, 0.2) is 42.6 Å². The third-order valence-electron chi connectivity index (χ3n) is 2.17. The van der Waals surface area contributed by atoms with Crippen LogP contribution in [-0.4, -0.2) is 10.1 Å². The second kappa shape index (κ2) is 4.19. The van der Waals surface area contributed by atoms with Gasteiger partial charge in [-0.1, -0.05) is 18.2 Å². The molecule has 76 valence electrons. The highest BCUT2D eigenvalue weighted by Crippen LogP contribution is 2.20. The lowest BCUT2D eigenvalue weighted by Gasteiger charge is -2.03. The normalized spacial score (nSPS) is 10.3. The van der Waals surface area contributed by atoms with Crippen molar-refractivity contribution in [2.45, 2.75) is 6.61 Å². The molecule has 0 bridgehead atoms. The van der Waals surface area contributed by atoms with Crippen LogP contribution >= 0.6 is 0 Å². The van der Waals surface area contributed by atoms with Gasteiger partial charge in [-0.05, 0) is 28.8 Å². The summed E-state index contributed by atoms with van der Waals surface area (Å²) < 4.78 is 12.9. The van der Waals surface area contributed by atoms with E-state index in [1.54, 1.807) is 6.07 Å². The van der Waals surface area contributed by atoms with E-state index >= 15 is 0 Å². The third-order valence-corrected chi connectivity index (χ3v) is 2.17. The van der Waals surface area contributed by atoms with Gasteiger partial charge in [-0.25, -0.2) is 4.98 Å². The average Bonchev–Trinajstić information content (AvgIpc) is 2.29. The smallest absolute Gasteiger partial charge is 0.213 e. The van der Waals surface area contributed by atoms with Crippen molar-refractivity contribution < 1.29 is 9.50 Å². The van der Waals surface area contributed by atoms with E-state index in [0.717, 1.165) is 16.7 Å². The summed E-state index contributed by atoms with van der Waals surface area (Å²) in [5.74, 6) is -0.498. The monoisotopic (exact) mass is 203 g/mol. The summed E-state index contributed by atoms with van der Waals surface area (Å²) in [6.45, 7) is -0.0125. The third kappa shape index (κ3) is 2.19. The molecule has 0 saturated heterocycles. The number of aliphatic hydroxyl groups excluding tert-OH is 1. The van der Waals surface area contributed by atoms with Crippen molar-refractivity contribution in [3.63, 3.8) is 0 Å². The molecule has 0 aliphatic carbocycles. The topological polar surface area (TPSA) is 33.1 Å². The van der Waals surface area contributed by atoms with Crippen LogP contribution in [0.3, 0.4) is 0 Å². The lowest BCUT2D eigenvalue weighted by atomic mass is 10.0. The number of pyridine rings is 1. The maximum atomic E-state index is 12.9. The molecule has 1 aromatic carbocycles. The van der Waals surface area contributed by atoms with E-state index in [2.05, 4.69) is 4.98 Å². The Bertz CT molecular complexity index is 471. The van der Waals surface area contributed by atoms with Crippen molar-refractivity contribution in [1.29, 1.82) is 0 Å². The number of aliphatic hydroxyl groups is 1. The Morgan fingerprint density at radius 2 is 1.93 bits per heavy atom. The first-order chi connectivity index (χ1) is 7.29. The summed E-state index contributed by atoms with van der Waals surface area (Å²) in [6.07, 6.45) is 1.43. The summed E-state index contributed by atoms with van der Waals surface area (Å²) in [4.78, 5) is 3.49. The van der Waals surface area contributed by atoms with Crippen LogP contribution in [0.25, 0.3) is 11.1 Å². The lowest BCUT2D eigenvalue weighted by Crippen LogP contribution is -1.86. The molecule has 1 N–H and O–H groups in total. The van der Waals surface area contributed by atoms with Gasteiger partial charge in [0, 0.05) is 12.3 Å². The number of halogens is 1. The Balaban J connectivity index is 2.44. The van der Waals surface area contributed by atoms with Gasteiger partial charge in [0.25, 0.3) is 0 Å². The SMILES string of the molecule is OCc1cccc(-c2ccnc(F)c2)c1. The van der Waals surface area contributed by atoms with Gasteiger partial charge in [-0.3, -0.25) is 0 Å². The fraction of sp³-hybridized carbons (Fsp3) is 0.0833. The number of rotatable bonds is 2. The van der Waals surface area contributed by atoms with Crippen molar-refractivity contribution in [3.8, 4) is 11.1 Å². The van der Waals surface area contributed by atoms with Gasteiger partial charge < -0.3 is 5.11 Å². The summed E-state index contributed by atoms with van der Waals surface area (Å²) in [5.41, 5.74) is 2.45. The number of hydrogen-bond acceptors (Lipinski definition) is 2. The Labute approximate surface area is 87.0 Å². The van der Waals surface area contributed by atoms with Crippen LogP contribution in [0.5, 0.6) is 0 Å². The second-order valence-corrected chi connectivity index (χ2v) is 3.23. The van der Waals surface area contributed by atoms with E-state index in [0.29, 0.717) is 0 Å². The molecule has 0 radical (unpaired) electrons. The molecule has 0 fully saturated rings. The highest BCUT2D eigenvalue weighted by molar-refractivity contribution is 5.63. The van der Waals surface area contributed by atoms with E-state index in [1.165, 1.54) is 12.3 Å². The molecular formula is C12H10FNO. The molecule has 0 amide bonds. The Kier molecular flexibility index (Phi) is 2.74. The van der Waals surface area contributed by atoms with Crippen molar-refractivity contribution >= 4 is 0 Å². The zero-order valence-corrected chi connectivity index (χ0v) is 8.02. The minimum atomic E-state index is -0.498. The molecule has 0 aliphatic heterocycles. The van der Waals surface area contributed by atoms with E-state index in [-0.39, 0.29) is 6.61 Å². The van der Waals surface area contributed by atoms with Crippen molar-refractivity contribution in [3.05, 3.63) is 54.1 Å². The number of hydrogen-bond donors (Lipinski definition) is 1. The van der Waals surface area contributed by atoms with Gasteiger partial charge in [0.05, 0.1) is 6.61 Å². The predicted molar refractivity (Wildman–Crippen MR) is 55.6 cm³/mol. The zero-order valence-electron chi connectivity index (χ0n) is 8.02. The number of nitrogens with zero attached hydrogens (tertiary/aromatic N) is 1. The molecule has 0 saturated carbocycles. The Morgan fingerprint density at radius 3 is 2.67 bits per heavy atom. The second-order valence-electron chi connectivity index (χ2n) is 3.23. The van der Waals surface area contributed by atoms with Crippen LogP contribution in [0, 0.1) is 5.95 Å². The lowest BCUT2D eigenvalue weighted by molar-refractivity contribution is 0.282. The minimum Gasteiger partial charge on any atom is -0.392 e. The van der Waals surface area contributed by atoms with Gasteiger partial charge in [0.15, 0.2) is 0 Å². The molecule has 0 unspecified atom stereocenters. The van der Waals surface area contributed by atoms with Crippen LogP contribution in [0.1, 0.15) is 5.56 Å². The fourth-order valence-corrected chi connectivity index (χ4v) is 1.43. The van der Waals surface area contributed by atoms with Crippen LogP contribution in [-0.2, 0) is 6.61 Å². The highest BCUT2D eigenvalue weighted by Gasteiger charge is 2.00. The molecule has 0 spiro atoms. The van der Waals surface area contributed by atoms with Gasteiger partial charge in [0.1, 0.15) is 0 Å². The number of aromatic nitrogens is 1. The van der Waals surface area contributed by atoms with Crippen LogP contribution in [0.4, 0.5) is 4.39 Å². The number of benzene rings is 1. The maximum absolute atomic E-state index is 12.9. The predicted octanol–water partition coefficient (Wildman–Crippen LogP) is 2.38. The molecule has 0 aliphatic rings. The molecule has 1 heterocycles. The average molecular weight is 203 g/mol. The molecular weight excluding hydrogens is 193 g/mol. The molecule has 2 rings (SSSR count). The molecule has 1 aromatic heterocycles. The molecule has 2 nitrogen and oxygen atoms in total. The van der Waals surface area contributed by atoms with Gasteiger partial charge in [-0.2, -0.15) is 4.39 Å². The molecule has 2 aromatic rings. The van der Waals surface area contributed by atoms with Crippen molar-refractivity contribution in [2.24, 2.45) is 0 Å². The van der Waals surface area contributed by atoms with E-state index in [1.807, 2.05) is 24.3 Å². The van der Waals surface area contributed by atoms with Gasteiger partial charge in [0.2, 0.25) is 5.95 Å². The van der Waals surface area contributed by atoms with Gasteiger partial charge in [-0.15, -0.1) is 0 Å². The van der Waals surface area contributed by atoms with E-state index in [4.69, 9.17) is 5.11 Å². The first kappa shape index (κ1) is 9.80.